The van der Waals surface area contributed by atoms with Gasteiger partial charge in [0.2, 0.25) is 0 Å². The molecule has 0 spiro atoms. The van der Waals surface area contributed by atoms with Gasteiger partial charge in [-0.05, 0) is 18.2 Å². The normalized spacial score (nSPS) is 15.1. The standard InChI is InChI=1S/C17H21ClN4O2S/c1-21(17(23)20-14-4-2-3-13(18)9-14)10-15-12-25-16(19-15)11-22-5-7-24-8-6-22/h2-4,9,12H,5-8,10-11H2,1H3,(H,20,23). The van der Waals surface area contributed by atoms with Crippen LogP contribution in [-0.2, 0) is 17.8 Å². The van der Waals surface area contributed by atoms with Gasteiger partial charge in [0.1, 0.15) is 5.01 Å². The average Bonchev–Trinajstić information content (AvgIpc) is 3.02. The first-order valence-corrected chi connectivity index (χ1v) is 9.37. The van der Waals surface area contributed by atoms with Crippen LogP contribution in [0.5, 0.6) is 0 Å². The summed E-state index contributed by atoms with van der Waals surface area (Å²) in [7, 11) is 1.75. The van der Waals surface area contributed by atoms with Gasteiger partial charge in [-0.25, -0.2) is 9.78 Å². The fourth-order valence-corrected chi connectivity index (χ4v) is 3.56. The molecule has 0 atom stereocenters. The van der Waals surface area contributed by atoms with E-state index in [1.165, 1.54) is 0 Å². The molecule has 3 rings (SSSR count). The highest BCUT2D eigenvalue weighted by Gasteiger charge is 2.15. The van der Waals surface area contributed by atoms with Crippen molar-refractivity contribution in [3.05, 3.63) is 45.4 Å². The van der Waals surface area contributed by atoms with Gasteiger partial charge in [-0.1, -0.05) is 17.7 Å². The molecule has 0 saturated carbocycles. The number of rotatable bonds is 5. The summed E-state index contributed by atoms with van der Waals surface area (Å²) >= 11 is 7.57. The topological polar surface area (TPSA) is 57.7 Å². The highest BCUT2D eigenvalue weighted by atomic mass is 35.5. The van der Waals surface area contributed by atoms with E-state index >= 15 is 0 Å². The van der Waals surface area contributed by atoms with Gasteiger partial charge in [0.15, 0.2) is 0 Å². The number of benzene rings is 1. The molecule has 1 N–H and O–H groups in total. The Morgan fingerprint density at radius 3 is 3.00 bits per heavy atom. The fraction of sp³-hybridized carbons (Fsp3) is 0.412. The molecule has 0 bridgehead atoms. The van der Waals surface area contributed by atoms with Crippen molar-refractivity contribution in [1.82, 2.24) is 14.8 Å². The molecule has 0 unspecified atom stereocenters. The number of amides is 2. The molecule has 1 aliphatic heterocycles. The summed E-state index contributed by atoms with van der Waals surface area (Å²) in [6.45, 7) is 4.75. The van der Waals surface area contributed by atoms with Gasteiger partial charge in [-0.3, -0.25) is 4.90 Å². The number of nitrogens with zero attached hydrogens (tertiary/aromatic N) is 3. The van der Waals surface area contributed by atoms with E-state index in [0.29, 0.717) is 17.3 Å². The van der Waals surface area contributed by atoms with Crippen LogP contribution >= 0.6 is 22.9 Å². The Morgan fingerprint density at radius 2 is 2.24 bits per heavy atom. The molecule has 8 heteroatoms. The van der Waals surface area contributed by atoms with E-state index in [4.69, 9.17) is 16.3 Å². The summed E-state index contributed by atoms with van der Waals surface area (Å²) in [5, 5.41) is 6.50. The summed E-state index contributed by atoms with van der Waals surface area (Å²) in [5.41, 5.74) is 1.58. The maximum absolute atomic E-state index is 12.3. The average molecular weight is 381 g/mol. The van der Waals surface area contributed by atoms with Gasteiger partial charge in [0, 0.05) is 36.2 Å². The highest BCUT2D eigenvalue weighted by Crippen LogP contribution is 2.17. The van der Waals surface area contributed by atoms with Crippen LogP contribution in [0, 0.1) is 0 Å². The second-order valence-corrected chi connectivity index (χ2v) is 7.30. The molecular formula is C17H21ClN4O2S. The number of hydrogen-bond acceptors (Lipinski definition) is 5. The molecule has 1 aliphatic rings. The summed E-state index contributed by atoms with van der Waals surface area (Å²) in [4.78, 5) is 20.9. The number of carbonyl (C=O) groups excluding carboxylic acids is 1. The molecular weight excluding hydrogens is 360 g/mol. The number of nitrogens with one attached hydrogen (secondary N) is 1. The quantitative estimate of drug-likeness (QED) is 0.864. The lowest BCUT2D eigenvalue weighted by atomic mass is 10.3. The number of thiazole rings is 1. The van der Waals surface area contributed by atoms with Gasteiger partial charge in [0.25, 0.3) is 0 Å². The monoisotopic (exact) mass is 380 g/mol. The second kappa shape index (κ2) is 8.62. The Kier molecular flexibility index (Phi) is 6.25. The number of ether oxygens (including phenoxy) is 1. The first-order valence-electron chi connectivity index (χ1n) is 8.11. The number of hydrogen-bond donors (Lipinski definition) is 1. The van der Waals surface area contributed by atoms with Crippen LogP contribution in [0.25, 0.3) is 0 Å². The van der Waals surface area contributed by atoms with Crippen LogP contribution in [0.2, 0.25) is 5.02 Å². The fourth-order valence-electron chi connectivity index (χ4n) is 2.54. The lowest BCUT2D eigenvalue weighted by Crippen LogP contribution is -2.35. The van der Waals surface area contributed by atoms with Crippen LogP contribution < -0.4 is 5.32 Å². The Hall–Kier alpha value is -1.67. The number of carbonyl (C=O) groups is 1. The van der Waals surface area contributed by atoms with Crippen molar-refractivity contribution < 1.29 is 9.53 Å². The first kappa shape index (κ1) is 18.1. The third kappa shape index (κ3) is 5.40. The SMILES string of the molecule is CN(Cc1csc(CN2CCOCC2)n1)C(=O)Nc1cccc(Cl)c1. The van der Waals surface area contributed by atoms with Gasteiger partial charge in [0.05, 0.1) is 32.0 Å². The van der Waals surface area contributed by atoms with Crippen LogP contribution in [-0.4, -0.2) is 54.2 Å². The maximum Gasteiger partial charge on any atom is 0.321 e. The smallest absolute Gasteiger partial charge is 0.321 e. The molecule has 25 heavy (non-hydrogen) atoms. The van der Waals surface area contributed by atoms with E-state index < -0.39 is 0 Å². The molecule has 1 saturated heterocycles. The number of morpholine rings is 1. The minimum atomic E-state index is -0.190. The van der Waals surface area contributed by atoms with Gasteiger partial charge in [-0.15, -0.1) is 11.3 Å². The van der Waals surface area contributed by atoms with Crippen molar-refractivity contribution in [1.29, 1.82) is 0 Å². The van der Waals surface area contributed by atoms with Crippen molar-refractivity contribution >= 4 is 34.7 Å². The zero-order valence-electron chi connectivity index (χ0n) is 14.1. The molecule has 1 aromatic heterocycles. The Labute approximate surface area is 156 Å². The summed E-state index contributed by atoms with van der Waals surface area (Å²) in [6.07, 6.45) is 0. The van der Waals surface area contributed by atoms with E-state index in [2.05, 4.69) is 15.2 Å². The molecule has 0 radical (unpaired) electrons. The Bertz CT molecular complexity index is 718. The lowest BCUT2D eigenvalue weighted by Gasteiger charge is -2.25. The van der Waals surface area contributed by atoms with E-state index in [-0.39, 0.29) is 6.03 Å². The Balaban J connectivity index is 1.52. The van der Waals surface area contributed by atoms with Gasteiger partial charge >= 0.3 is 6.03 Å². The third-order valence-electron chi connectivity index (χ3n) is 3.88. The minimum Gasteiger partial charge on any atom is -0.379 e. The van der Waals surface area contributed by atoms with E-state index in [1.54, 1.807) is 47.5 Å². The van der Waals surface area contributed by atoms with Crippen LogP contribution in [0.4, 0.5) is 10.5 Å². The van der Waals surface area contributed by atoms with Crippen molar-refractivity contribution in [3.63, 3.8) is 0 Å². The molecule has 1 aromatic carbocycles. The molecule has 0 aliphatic carbocycles. The zero-order valence-corrected chi connectivity index (χ0v) is 15.6. The number of urea groups is 1. The van der Waals surface area contributed by atoms with Gasteiger partial charge < -0.3 is 15.0 Å². The summed E-state index contributed by atoms with van der Waals surface area (Å²) in [5.74, 6) is 0. The number of anilines is 1. The zero-order chi connectivity index (χ0) is 17.6. The molecule has 2 heterocycles. The minimum absolute atomic E-state index is 0.190. The largest absolute Gasteiger partial charge is 0.379 e. The van der Waals surface area contributed by atoms with E-state index in [9.17, 15) is 4.79 Å². The lowest BCUT2D eigenvalue weighted by molar-refractivity contribution is 0.0341. The van der Waals surface area contributed by atoms with Crippen LogP contribution in [0.3, 0.4) is 0 Å². The van der Waals surface area contributed by atoms with Gasteiger partial charge in [-0.2, -0.15) is 0 Å². The molecule has 2 amide bonds. The molecule has 2 aromatic rings. The predicted molar refractivity (Wildman–Crippen MR) is 100 cm³/mol. The molecule has 1 fully saturated rings. The third-order valence-corrected chi connectivity index (χ3v) is 5.00. The number of halogens is 1. The summed E-state index contributed by atoms with van der Waals surface area (Å²) in [6, 6.07) is 6.91. The van der Waals surface area contributed by atoms with Crippen molar-refractivity contribution in [2.24, 2.45) is 0 Å². The highest BCUT2D eigenvalue weighted by molar-refractivity contribution is 7.09. The van der Waals surface area contributed by atoms with Crippen molar-refractivity contribution in [2.75, 3.05) is 38.7 Å². The molecule has 134 valence electrons. The van der Waals surface area contributed by atoms with Crippen LogP contribution in [0.1, 0.15) is 10.7 Å². The second-order valence-electron chi connectivity index (χ2n) is 5.92. The van der Waals surface area contributed by atoms with E-state index in [0.717, 1.165) is 43.5 Å². The first-order chi connectivity index (χ1) is 12.1. The number of aromatic nitrogens is 1. The maximum atomic E-state index is 12.3. The summed E-state index contributed by atoms with van der Waals surface area (Å²) < 4.78 is 5.36. The molecule has 6 nitrogen and oxygen atoms in total. The predicted octanol–water partition coefficient (Wildman–Crippen LogP) is 3.29. The van der Waals surface area contributed by atoms with Crippen molar-refractivity contribution in [3.8, 4) is 0 Å². The van der Waals surface area contributed by atoms with Crippen LogP contribution in [0.15, 0.2) is 29.6 Å². The van der Waals surface area contributed by atoms with Crippen molar-refractivity contribution in [2.45, 2.75) is 13.1 Å². The van der Waals surface area contributed by atoms with E-state index in [1.807, 2.05) is 5.38 Å². The Morgan fingerprint density at radius 1 is 1.44 bits per heavy atom.